The number of aliphatic hydroxyl groups is 1. The van der Waals surface area contributed by atoms with E-state index in [2.05, 4.69) is 6.58 Å². The molecule has 4 nitrogen and oxygen atoms in total. The van der Waals surface area contributed by atoms with Crippen molar-refractivity contribution in [3.63, 3.8) is 0 Å². The van der Waals surface area contributed by atoms with Crippen LogP contribution in [-0.2, 0) is 14.3 Å². The lowest BCUT2D eigenvalue weighted by Crippen LogP contribution is -2.48. The van der Waals surface area contributed by atoms with Gasteiger partial charge in [-0.25, -0.2) is 4.79 Å². The second-order valence-corrected chi connectivity index (χ2v) is 6.14. The third-order valence-electron chi connectivity index (χ3n) is 4.18. The number of Topliss-reactive ketones (excluding diaryl/α,β-unsaturated/α-hetero) is 1. The van der Waals surface area contributed by atoms with Crippen LogP contribution < -0.4 is 0 Å². The van der Waals surface area contributed by atoms with E-state index >= 15 is 0 Å². The van der Waals surface area contributed by atoms with E-state index in [1.54, 1.807) is 6.92 Å². The molecule has 0 spiro atoms. The standard InChI is InChI=1S/C17H28O4/c1-4-8-14(18)9-10-15(19)17(11-6-5-7-12-17)21-16(20)13(2)3/h15,19H,2,4-12H2,1,3H3. The van der Waals surface area contributed by atoms with Crippen molar-refractivity contribution in [2.24, 2.45) is 0 Å². The van der Waals surface area contributed by atoms with Crippen LogP contribution in [0.2, 0.25) is 0 Å². The first-order valence-electron chi connectivity index (χ1n) is 8.00. The number of esters is 1. The fraction of sp³-hybridized carbons (Fsp3) is 0.765. The minimum Gasteiger partial charge on any atom is -0.453 e. The van der Waals surface area contributed by atoms with E-state index in [0.717, 1.165) is 25.7 Å². The molecule has 0 amide bonds. The van der Waals surface area contributed by atoms with Gasteiger partial charge in [-0.15, -0.1) is 0 Å². The summed E-state index contributed by atoms with van der Waals surface area (Å²) in [6, 6.07) is 0. The van der Waals surface area contributed by atoms with E-state index in [1.165, 1.54) is 0 Å². The molecule has 1 saturated carbocycles. The Morgan fingerprint density at radius 1 is 1.24 bits per heavy atom. The van der Waals surface area contributed by atoms with Crippen LogP contribution in [0.3, 0.4) is 0 Å². The van der Waals surface area contributed by atoms with Gasteiger partial charge in [-0.2, -0.15) is 0 Å². The van der Waals surface area contributed by atoms with Crippen LogP contribution in [0, 0.1) is 0 Å². The molecule has 0 aromatic carbocycles. The summed E-state index contributed by atoms with van der Waals surface area (Å²) in [5, 5.41) is 10.5. The third-order valence-corrected chi connectivity index (χ3v) is 4.18. The number of carbonyl (C=O) groups is 2. The summed E-state index contributed by atoms with van der Waals surface area (Å²) in [4.78, 5) is 23.5. The van der Waals surface area contributed by atoms with Gasteiger partial charge in [0.05, 0.1) is 6.10 Å². The van der Waals surface area contributed by atoms with Gasteiger partial charge in [0.15, 0.2) is 0 Å². The second-order valence-electron chi connectivity index (χ2n) is 6.14. The van der Waals surface area contributed by atoms with Crippen LogP contribution in [0.5, 0.6) is 0 Å². The molecule has 1 rings (SSSR count). The van der Waals surface area contributed by atoms with Crippen molar-refractivity contribution in [3.8, 4) is 0 Å². The molecule has 0 aliphatic heterocycles. The Morgan fingerprint density at radius 3 is 2.38 bits per heavy atom. The molecule has 0 aromatic heterocycles. The molecule has 0 aromatic rings. The van der Waals surface area contributed by atoms with Crippen molar-refractivity contribution >= 4 is 11.8 Å². The molecule has 4 heteroatoms. The molecule has 0 heterocycles. The summed E-state index contributed by atoms with van der Waals surface area (Å²) >= 11 is 0. The minimum absolute atomic E-state index is 0.161. The van der Waals surface area contributed by atoms with Crippen LogP contribution in [-0.4, -0.2) is 28.6 Å². The summed E-state index contributed by atoms with van der Waals surface area (Å²) in [6.45, 7) is 7.17. The molecule has 0 saturated heterocycles. The minimum atomic E-state index is -0.833. The van der Waals surface area contributed by atoms with Gasteiger partial charge in [-0.3, -0.25) is 4.79 Å². The van der Waals surface area contributed by atoms with E-state index in [1.807, 2.05) is 6.92 Å². The Kier molecular flexibility index (Phi) is 7.09. The van der Waals surface area contributed by atoms with Crippen LogP contribution in [0.4, 0.5) is 0 Å². The van der Waals surface area contributed by atoms with Crippen molar-refractivity contribution < 1.29 is 19.4 Å². The molecule has 120 valence electrons. The van der Waals surface area contributed by atoms with Gasteiger partial charge < -0.3 is 9.84 Å². The number of ether oxygens (including phenoxy) is 1. The first-order valence-corrected chi connectivity index (χ1v) is 8.00. The molecule has 1 fully saturated rings. The highest BCUT2D eigenvalue weighted by Crippen LogP contribution is 2.36. The number of carbonyl (C=O) groups excluding carboxylic acids is 2. The van der Waals surface area contributed by atoms with E-state index in [0.29, 0.717) is 37.7 Å². The Morgan fingerprint density at radius 2 is 1.86 bits per heavy atom. The van der Waals surface area contributed by atoms with Crippen molar-refractivity contribution in [2.45, 2.75) is 83.3 Å². The van der Waals surface area contributed by atoms with Gasteiger partial charge in [-0.1, -0.05) is 19.9 Å². The average molecular weight is 296 g/mol. The Hall–Kier alpha value is -1.16. The van der Waals surface area contributed by atoms with Gasteiger partial charge in [0, 0.05) is 18.4 Å². The molecule has 0 radical (unpaired) electrons. The number of hydrogen-bond acceptors (Lipinski definition) is 4. The zero-order valence-electron chi connectivity index (χ0n) is 13.3. The molecule has 1 atom stereocenters. The first-order chi connectivity index (χ1) is 9.91. The van der Waals surface area contributed by atoms with Crippen LogP contribution >= 0.6 is 0 Å². The zero-order valence-corrected chi connectivity index (χ0v) is 13.3. The molecule has 1 unspecified atom stereocenters. The van der Waals surface area contributed by atoms with Crippen molar-refractivity contribution in [1.29, 1.82) is 0 Å². The highest BCUT2D eigenvalue weighted by Gasteiger charge is 2.42. The molecule has 0 bridgehead atoms. The smallest absolute Gasteiger partial charge is 0.333 e. The normalized spacial score (nSPS) is 18.8. The summed E-state index contributed by atoms with van der Waals surface area (Å²) in [5.41, 5.74) is -0.491. The van der Waals surface area contributed by atoms with E-state index in [4.69, 9.17) is 4.74 Å². The quantitative estimate of drug-likeness (QED) is 0.551. The summed E-state index contributed by atoms with van der Waals surface area (Å²) in [7, 11) is 0. The van der Waals surface area contributed by atoms with E-state index in [-0.39, 0.29) is 5.78 Å². The van der Waals surface area contributed by atoms with Gasteiger partial charge in [0.2, 0.25) is 0 Å². The summed E-state index contributed by atoms with van der Waals surface area (Å²) in [5.74, 6) is -0.287. The maximum absolute atomic E-state index is 11.9. The molecule has 1 N–H and O–H groups in total. The van der Waals surface area contributed by atoms with Gasteiger partial charge >= 0.3 is 5.97 Å². The maximum Gasteiger partial charge on any atom is 0.333 e. The van der Waals surface area contributed by atoms with E-state index in [9.17, 15) is 14.7 Å². The topological polar surface area (TPSA) is 63.6 Å². The first kappa shape index (κ1) is 17.9. The van der Waals surface area contributed by atoms with Crippen LogP contribution in [0.1, 0.15) is 71.6 Å². The Bertz CT molecular complexity index is 380. The number of hydrogen-bond donors (Lipinski definition) is 1. The maximum atomic E-state index is 11.9. The lowest BCUT2D eigenvalue weighted by atomic mass is 9.78. The molecule has 21 heavy (non-hydrogen) atoms. The van der Waals surface area contributed by atoms with Crippen LogP contribution in [0.15, 0.2) is 12.2 Å². The lowest BCUT2D eigenvalue weighted by Gasteiger charge is -2.40. The highest BCUT2D eigenvalue weighted by molar-refractivity contribution is 5.87. The number of aliphatic hydroxyl groups excluding tert-OH is 1. The molecule has 1 aliphatic rings. The fourth-order valence-corrected chi connectivity index (χ4v) is 2.89. The highest BCUT2D eigenvalue weighted by atomic mass is 16.6. The van der Waals surface area contributed by atoms with Crippen molar-refractivity contribution in [1.82, 2.24) is 0 Å². The van der Waals surface area contributed by atoms with Crippen molar-refractivity contribution in [2.75, 3.05) is 0 Å². The SMILES string of the molecule is C=C(C)C(=O)OC1(C(O)CCC(=O)CCC)CCCCC1. The van der Waals surface area contributed by atoms with E-state index < -0.39 is 17.7 Å². The van der Waals surface area contributed by atoms with Crippen molar-refractivity contribution in [3.05, 3.63) is 12.2 Å². The molecular weight excluding hydrogens is 268 g/mol. The molecule has 1 aliphatic carbocycles. The van der Waals surface area contributed by atoms with Crippen LogP contribution in [0.25, 0.3) is 0 Å². The van der Waals surface area contributed by atoms with Gasteiger partial charge in [0.1, 0.15) is 11.4 Å². The average Bonchev–Trinajstić information content (AvgIpc) is 2.45. The largest absolute Gasteiger partial charge is 0.453 e. The number of rotatable bonds is 8. The summed E-state index contributed by atoms with van der Waals surface area (Å²) < 4.78 is 5.59. The predicted octanol–water partition coefficient (Wildman–Crippen LogP) is 3.32. The predicted molar refractivity (Wildman–Crippen MR) is 81.9 cm³/mol. The third kappa shape index (κ3) is 5.27. The Balaban J connectivity index is 2.69. The zero-order chi connectivity index (χ0) is 15.9. The second kappa shape index (κ2) is 8.32. The number of ketones is 1. The monoisotopic (exact) mass is 296 g/mol. The molecular formula is C17H28O4. The van der Waals surface area contributed by atoms with Gasteiger partial charge in [0.25, 0.3) is 0 Å². The Labute approximate surface area is 127 Å². The van der Waals surface area contributed by atoms with Gasteiger partial charge in [-0.05, 0) is 45.4 Å². The summed E-state index contributed by atoms with van der Waals surface area (Å²) in [6.07, 6.45) is 5.59. The lowest BCUT2D eigenvalue weighted by molar-refractivity contribution is -0.176. The fourth-order valence-electron chi connectivity index (χ4n) is 2.89.